The van der Waals surface area contributed by atoms with Crippen molar-refractivity contribution in [3.63, 3.8) is 0 Å². The Hall–Kier alpha value is -1.39. The van der Waals surface area contributed by atoms with Gasteiger partial charge in [0, 0.05) is 16.6 Å². The lowest BCUT2D eigenvalue weighted by atomic mass is 10.0. The van der Waals surface area contributed by atoms with Crippen molar-refractivity contribution in [2.24, 2.45) is 11.7 Å². The molecule has 0 aliphatic carbocycles. The first-order chi connectivity index (χ1) is 9.62. The van der Waals surface area contributed by atoms with Crippen molar-refractivity contribution in [1.82, 2.24) is 0 Å². The number of hydrogen-bond donors (Lipinski definition) is 2. The lowest BCUT2D eigenvalue weighted by Crippen LogP contribution is -2.21. The van der Waals surface area contributed by atoms with Crippen LogP contribution in [0.1, 0.15) is 19.8 Å². The highest BCUT2D eigenvalue weighted by Gasteiger charge is 2.10. The Morgan fingerprint density at radius 1 is 1.25 bits per heavy atom. The van der Waals surface area contributed by atoms with E-state index < -0.39 is 0 Å². The molecule has 0 heterocycles. The molecule has 0 aliphatic heterocycles. The molecule has 4 heteroatoms. The van der Waals surface area contributed by atoms with E-state index in [9.17, 15) is 4.79 Å². The van der Waals surface area contributed by atoms with Gasteiger partial charge in [-0.3, -0.25) is 4.79 Å². The Morgan fingerprint density at radius 2 is 1.95 bits per heavy atom. The molecule has 0 radical (unpaired) electrons. The van der Waals surface area contributed by atoms with Crippen molar-refractivity contribution in [3.8, 4) is 0 Å². The van der Waals surface area contributed by atoms with Crippen LogP contribution in [0, 0.1) is 5.92 Å². The summed E-state index contributed by atoms with van der Waals surface area (Å²) in [5.41, 5.74) is 6.46. The van der Waals surface area contributed by atoms with Crippen LogP contribution in [-0.2, 0) is 4.79 Å². The highest BCUT2D eigenvalue weighted by atomic mass is 79.9. The average molecular weight is 335 g/mol. The largest absolute Gasteiger partial charge is 0.330 e. The molecule has 3 nitrogen and oxygen atoms in total. The Labute approximate surface area is 127 Å². The van der Waals surface area contributed by atoms with Gasteiger partial charge in [-0.05, 0) is 47.5 Å². The Kier molecular flexibility index (Phi) is 5.15. The van der Waals surface area contributed by atoms with Gasteiger partial charge in [0.2, 0.25) is 5.91 Å². The molecular formula is C16H19BrN2O. The third-order valence-corrected chi connectivity index (χ3v) is 3.96. The van der Waals surface area contributed by atoms with E-state index >= 15 is 0 Å². The number of carbonyl (C=O) groups excluding carboxylic acids is 1. The molecule has 20 heavy (non-hydrogen) atoms. The fourth-order valence-electron chi connectivity index (χ4n) is 2.16. The van der Waals surface area contributed by atoms with Gasteiger partial charge in [-0.25, -0.2) is 0 Å². The summed E-state index contributed by atoms with van der Waals surface area (Å²) in [5, 5.41) is 5.19. The Balaban J connectivity index is 2.10. The van der Waals surface area contributed by atoms with Crippen LogP contribution in [0.25, 0.3) is 10.8 Å². The molecule has 106 valence electrons. The number of nitrogens with two attached hydrogens (primary N) is 1. The zero-order valence-electron chi connectivity index (χ0n) is 11.5. The van der Waals surface area contributed by atoms with Crippen LogP contribution in [0.5, 0.6) is 0 Å². The minimum atomic E-state index is 0.0266. The first-order valence-electron chi connectivity index (χ1n) is 6.81. The van der Waals surface area contributed by atoms with Crippen LogP contribution in [-0.4, -0.2) is 12.5 Å². The molecule has 0 fully saturated rings. The molecule has 1 amide bonds. The number of nitrogens with one attached hydrogen (secondary N) is 1. The van der Waals surface area contributed by atoms with Gasteiger partial charge in [-0.1, -0.05) is 41.4 Å². The molecule has 2 rings (SSSR count). The van der Waals surface area contributed by atoms with E-state index in [1.807, 2.05) is 30.3 Å². The lowest BCUT2D eigenvalue weighted by molar-refractivity contribution is -0.117. The maximum atomic E-state index is 12.0. The van der Waals surface area contributed by atoms with Crippen LogP contribution >= 0.6 is 15.9 Å². The standard InChI is InChI=1S/C16H19BrN2O/c1-2-11(10-18)7-16(20)19-15-6-4-12-8-14(17)5-3-13(12)9-15/h3-6,8-9,11H,2,7,10,18H2,1H3,(H,19,20). The molecule has 2 aromatic carbocycles. The van der Waals surface area contributed by atoms with Gasteiger partial charge in [0.05, 0.1) is 0 Å². The van der Waals surface area contributed by atoms with E-state index in [-0.39, 0.29) is 11.8 Å². The van der Waals surface area contributed by atoms with E-state index in [1.54, 1.807) is 0 Å². The van der Waals surface area contributed by atoms with Gasteiger partial charge >= 0.3 is 0 Å². The second-order valence-electron chi connectivity index (χ2n) is 4.97. The summed E-state index contributed by atoms with van der Waals surface area (Å²) >= 11 is 3.45. The molecule has 3 N–H and O–H groups in total. The summed E-state index contributed by atoms with van der Waals surface area (Å²) in [5.74, 6) is 0.283. The van der Waals surface area contributed by atoms with Gasteiger partial charge in [-0.2, -0.15) is 0 Å². The zero-order chi connectivity index (χ0) is 14.5. The Bertz CT molecular complexity index is 608. The van der Waals surface area contributed by atoms with Gasteiger partial charge in [0.1, 0.15) is 0 Å². The second-order valence-corrected chi connectivity index (χ2v) is 5.88. The average Bonchev–Trinajstić information content (AvgIpc) is 2.45. The van der Waals surface area contributed by atoms with E-state index in [0.29, 0.717) is 13.0 Å². The number of fused-ring (bicyclic) bond motifs is 1. The highest BCUT2D eigenvalue weighted by molar-refractivity contribution is 9.10. The number of rotatable bonds is 5. The molecule has 0 aromatic heterocycles. The highest BCUT2D eigenvalue weighted by Crippen LogP contribution is 2.23. The number of halogens is 1. The maximum absolute atomic E-state index is 12.0. The minimum absolute atomic E-state index is 0.0266. The van der Waals surface area contributed by atoms with Crippen molar-refractivity contribution in [3.05, 3.63) is 40.9 Å². The number of anilines is 1. The first kappa shape index (κ1) is 15.0. The molecular weight excluding hydrogens is 316 g/mol. The van der Waals surface area contributed by atoms with Crippen LogP contribution in [0.2, 0.25) is 0 Å². The molecule has 0 saturated carbocycles. The van der Waals surface area contributed by atoms with Crippen molar-refractivity contribution in [2.75, 3.05) is 11.9 Å². The number of benzene rings is 2. The molecule has 0 spiro atoms. The number of carbonyl (C=O) groups is 1. The van der Waals surface area contributed by atoms with E-state index in [0.717, 1.165) is 27.4 Å². The van der Waals surface area contributed by atoms with Gasteiger partial charge in [0.25, 0.3) is 0 Å². The van der Waals surface area contributed by atoms with Gasteiger partial charge in [-0.15, -0.1) is 0 Å². The molecule has 2 aromatic rings. The first-order valence-corrected chi connectivity index (χ1v) is 7.61. The monoisotopic (exact) mass is 334 g/mol. The van der Waals surface area contributed by atoms with E-state index in [4.69, 9.17) is 5.73 Å². The summed E-state index contributed by atoms with van der Waals surface area (Å²) < 4.78 is 1.05. The lowest BCUT2D eigenvalue weighted by Gasteiger charge is -2.12. The van der Waals surface area contributed by atoms with Crippen molar-refractivity contribution >= 4 is 38.3 Å². The number of hydrogen-bond acceptors (Lipinski definition) is 2. The predicted molar refractivity (Wildman–Crippen MR) is 87.7 cm³/mol. The van der Waals surface area contributed by atoms with Crippen LogP contribution in [0.15, 0.2) is 40.9 Å². The summed E-state index contributed by atoms with van der Waals surface area (Å²) in [6.45, 7) is 2.61. The molecule has 1 atom stereocenters. The van der Waals surface area contributed by atoms with Crippen molar-refractivity contribution < 1.29 is 4.79 Å². The summed E-state index contributed by atoms with van der Waals surface area (Å²) in [6, 6.07) is 12.0. The Morgan fingerprint density at radius 3 is 2.65 bits per heavy atom. The van der Waals surface area contributed by atoms with Crippen molar-refractivity contribution in [2.45, 2.75) is 19.8 Å². The zero-order valence-corrected chi connectivity index (χ0v) is 13.1. The van der Waals surface area contributed by atoms with E-state index in [1.165, 1.54) is 0 Å². The van der Waals surface area contributed by atoms with Gasteiger partial charge in [0.15, 0.2) is 0 Å². The summed E-state index contributed by atoms with van der Waals surface area (Å²) in [7, 11) is 0. The fourth-order valence-corrected chi connectivity index (χ4v) is 2.54. The normalized spacial score (nSPS) is 12.3. The summed E-state index contributed by atoms with van der Waals surface area (Å²) in [6.07, 6.45) is 1.40. The molecule has 0 saturated heterocycles. The molecule has 0 aliphatic rings. The smallest absolute Gasteiger partial charge is 0.224 e. The van der Waals surface area contributed by atoms with Crippen LogP contribution < -0.4 is 11.1 Å². The van der Waals surface area contributed by atoms with Crippen molar-refractivity contribution in [1.29, 1.82) is 0 Å². The summed E-state index contributed by atoms with van der Waals surface area (Å²) in [4.78, 5) is 12.0. The maximum Gasteiger partial charge on any atom is 0.224 e. The third-order valence-electron chi connectivity index (χ3n) is 3.47. The topological polar surface area (TPSA) is 55.1 Å². The SMILES string of the molecule is CCC(CN)CC(=O)Nc1ccc2cc(Br)ccc2c1. The molecule has 0 bridgehead atoms. The van der Waals surface area contributed by atoms with Crippen LogP contribution in [0.4, 0.5) is 5.69 Å². The third kappa shape index (κ3) is 3.81. The molecule has 1 unspecified atom stereocenters. The van der Waals surface area contributed by atoms with Crippen LogP contribution in [0.3, 0.4) is 0 Å². The fraction of sp³-hybridized carbons (Fsp3) is 0.312. The minimum Gasteiger partial charge on any atom is -0.330 e. The number of amides is 1. The van der Waals surface area contributed by atoms with E-state index in [2.05, 4.69) is 34.2 Å². The van der Waals surface area contributed by atoms with Gasteiger partial charge < -0.3 is 11.1 Å². The second kappa shape index (κ2) is 6.86. The predicted octanol–water partition coefficient (Wildman–Crippen LogP) is 3.92. The quantitative estimate of drug-likeness (QED) is 0.870.